The molecule has 0 saturated heterocycles. The number of hydrogen-bond donors (Lipinski definition) is 0. The second kappa shape index (κ2) is 6.54. The number of oxazole rings is 1. The molecule has 0 atom stereocenters. The van der Waals surface area contributed by atoms with Crippen LogP contribution >= 0.6 is 11.3 Å². The van der Waals surface area contributed by atoms with Crippen molar-refractivity contribution in [3.05, 3.63) is 41.8 Å². The zero-order chi connectivity index (χ0) is 16.4. The lowest BCUT2D eigenvalue weighted by Crippen LogP contribution is -2.09. The molecule has 120 valence electrons. The molecule has 0 N–H and O–H groups in total. The molecule has 0 bridgehead atoms. The highest BCUT2D eigenvalue weighted by molar-refractivity contribution is 7.22. The summed E-state index contributed by atoms with van der Waals surface area (Å²) in [7, 11) is 0. The monoisotopic (exact) mass is 329 g/mol. The van der Waals surface area contributed by atoms with Gasteiger partial charge >= 0.3 is 5.97 Å². The molecule has 0 spiro atoms. The zero-order valence-corrected chi connectivity index (χ0v) is 14.3. The average molecular weight is 329 g/mol. The van der Waals surface area contributed by atoms with Gasteiger partial charge in [0.2, 0.25) is 5.89 Å². The number of nitrogens with zero attached hydrogens (tertiary/aromatic N) is 1. The van der Waals surface area contributed by atoms with Crippen molar-refractivity contribution in [3.8, 4) is 10.8 Å². The average Bonchev–Trinajstić information content (AvgIpc) is 3.10. The normalized spacial score (nSPS) is 11.3. The molecule has 3 rings (SSSR count). The van der Waals surface area contributed by atoms with Crippen LogP contribution in [0.5, 0.6) is 0 Å². The highest BCUT2D eigenvalue weighted by atomic mass is 32.1. The van der Waals surface area contributed by atoms with Crippen molar-refractivity contribution in [2.24, 2.45) is 5.92 Å². The van der Waals surface area contributed by atoms with Gasteiger partial charge < -0.3 is 9.15 Å². The van der Waals surface area contributed by atoms with Crippen molar-refractivity contribution in [3.63, 3.8) is 0 Å². The number of thiophene rings is 1. The molecule has 0 fully saturated rings. The highest BCUT2D eigenvalue weighted by Gasteiger charge is 2.23. The molecule has 3 aromatic rings. The topological polar surface area (TPSA) is 52.3 Å². The first-order valence-corrected chi connectivity index (χ1v) is 8.56. The van der Waals surface area contributed by atoms with Gasteiger partial charge in [-0.15, -0.1) is 11.3 Å². The molecule has 0 unspecified atom stereocenters. The first-order valence-electron chi connectivity index (χ1n) is 7.74. The molecule has 0 aliphatic rings. The van der Waals surface area contributed by atoms with Crippen LogP contribution in [0.3, 0.4) is 0 Å². The fourth-order valence-corrected chi connectivity index (χ4v) is 3.40. The summed E-state index contributed by atoms with van der Waals surface area (Å²) in [5.74, 6) is 1.04. The van der Waals surface area contributed by atoms with Crippen LogP contribution in [0.25, 0.3) is 20.9 Å². The lowest BCUT2D eigenvalue weighted by molar-refractivity contribution is 0.0517. The number of benzene rings is 1. The second-order valence-corrected chi connectivity index (χ2v) is 6.84. The van der Waals surface area contributed by atoms with Gasteiger partial charge in [-0.25, -0.2) is 9.78 Å². The first kappa shape index (κ1) is 15.7. The van der Waals surface area contributed by atoms with E-state index >= 15 is 0 Å². The SMILES string of the molecule is CCOC(=O)c1nc(-c2cc3ccccc3s2)oc1CC(C)C. The second-order valence-electron chi connectivity index (χ2n) is 5.76. The lowest BCUT2D eigenvalue weighted by atomic mass is 10.1. The first-order chi connectivity index (χ1) is 11.1. The molecular weight excluding hydrogens is 310 g/mol. The van der Waals surface area contributed by atoms with E-state index in [1.54, 1.807) is 18.3 Å². The quantitative estimate of drug-likeness (QED) is 0.623. The Morgan fingerprint density at radius 3 is 2.83 bits per heavy atom. The van der Waals surface area contributed by atoms with Gasteiger partial charge in [-0.2, -0.15) is 0 Å². The Balaban J connectivity index is 2.03. The van der Waals surface area contributed by atoms with Gasteiger partial charge in [0.25, 0.3) is 0 Å². The molecule has 2 heterocycles. The summed E-state index contributed by atoms with van der Waals surface area (Å²) >= 11 is 1.61. The van der Waals surface area contributed by atoms with Gasteiger partial charge in [0.05, 0.1) is 11.5 Å². The Labute approximate surface area is 139 Å². The molecule has 0 saturated carbocycles. The summed E-state index contributed by atoms with van der Waals surface area (Å²) in [6.07, 6.45) is 0.659. The van der Waals surface area contributed by atoms with E-state index in [0.717, 1.165) is 10.3 Å². The third kappa shape index (κ3) is 3.29. The van der Waals surface area contributed by atoms with E-state index in [1.165, 1.54) is 4.70 Å². The minimum Gasteiger partial charge on any atom is -0.461 e. The number of carbonyl (C=O) groups excluding carboxylic acids is 1. The Kier molecular flexibility index (Phi) is 4.48. The molecule has 0 radical (unpaired) electrons. The number of carbonyl (C=O) groups is 1. The van der Waals surface area contributed by atoms with Crippen molar-refractivity contribution in [2.45, 2.75) is 27.2 Å². The van der Waals surface area contributed by atoms with E-state index < -0.39 is 5.97 Å². The maximum atomic E-state index is 12.1. The van der Waals surface area contributed by atoms with E-state index in [9.17, 15) is 4.79 Å². The standard InChI is InChI=1S/C18H19NO3S/c1-4-21-18(20)16-13(9-11(2)3)22-17(19-16)15-10-12-7-5-6-8-14(12)23-15/h5-8,10-11H,4,9H2,1-3H3. The lowest BCUT2D eigenvalue weighted by Gasteiger charge is -2.03. The molecule has 1 aromatic carbocycles. The zero-order valence-electron chi connectivity index (χ0n) is 13.5. The van der Waals surface area contributed by atoms with Crippen LogP contribution in [0.2, 0.25) is 0 Å². The van der Waals surface area contributed by atoms with Crippen LogP contribution in [-0.4, -0.2) is 17.6 Å². The molecule has 5 heteroatoms. The summed E-state index contributed by atoms with van der Waals surface area (Å²) < 4.78 is 12.2. The van der Waals surface area contributed by atoms with E-state index in [0.29, 0.717) is 36.3 Å². The number of hydrogen-bond acceptors (Lipinski definition) is 5. The number of ether oxygens (including phenoxy) is 1. The van der Waals surface area contributed by atoms with Crippen molar-refractivity contribution >= 4 is 27.4 Å². The van der Waals surface area contributed by atoms with Gasteiger partial charge in [0.15, 0.2) is 5.69 Å². The van der Waals surface area contributed by atoms with E-state index in [-0.39, 0.29) is 0 Å². The van der Waals surface area contributed by atoms with Crippen molar-refractivity contribution in [2.75, 3.05) is 6.61 Å². The largest absolute Gasteiger partial charge is 0.461 e. The van der Waals surface area contributed by atoms with Crippen LogP contribution in [0.4, 0.5) is 0 Å². The maximum Gasteiger partial charge on any atom is 0.360 e. The number of fused-ring (bicyclic) bond motifs is 1. The van der Waals surface area contributed by atoms with Crippen molar-refractivity contribution in [1.29, 1.82) is 0 Å². The van der Waals surface area contributed by atoms with E-state index in [1.807, 2.05) is 18.2 Å². The van der Waals surface area contributed by atoms with Gasteiger partial charge in [0, 0.05) is 11.1 Å². The minimum atomic E-state index is -0.417. The molecule has 0 aliphatic heterocycles. The minimum absolute atomic E-state index is 0.299. The van der Waals surface area contributed by atoms with Crippen molar-refractivity contribution < 1.29 is 13.9 Å². The van der Waals surface area contributed by atoms with Gasteiger partial charge in [-0.3, -0.25) is 0 Å². The summed E-state index contributed by atoms with van der Waals surface area (Å²) in [6.45, 7) is 6.27. The molecule has 23 heavy (non-hydrogen) atoms. The number of rotatable bonds is 5. The number of esters is 1. The fraction of sp³-hybridized carbons (Fsp3) is 0.333. The highest BCUT2D eigenvalue weighted by Crippen LogP contribution is 2.34. The Hall–Kier alpha value is -2.14. The molecule has 0 aliphatic carbocycles. The smallest absolute Gasteiger partial charge is 0.360 e. The fourth-order valence-electron chi connectivity index (χ4n) is 2.41. The number of aromatic nitrogens is 1. The molecular formula is C18H19NO3S. The van der Waals surface area contributed by atoms with E-state index in [4.69, 9.17) is 9.15 Å². The summed E-state index contributed by atoms with van der Waals surface area (Å²) in [4.78, 5) is 17.5. The summed E-state index contributed by atoms with van der Waals surface area (Å²) in [6, 6.07) is 10.2. The van der Waals surface area contributed by atoms with E-state index in [2.05, 4.69) is 31.0 Å². The Morgan fingerprint density at radius 2 is 2.13 bits per heavy atom. The summed E-state index contributed by atoms with van der Waals surface area (Å²) in [5.41, 5.74) is 0.299. The van der Waals surface area contributed by atoms with Crippen LogP contribution < -0.4 is 0 Å². The molecule has 0 amide bonds. The predicted molar refractivity (Wildman–Crippen MR) is 91.8 cm³/mol. The van der Waals surface area contributed by atoms with Crippen LogP contribution in [0.15, 0.2) is 34.7 Å². The Bertz CT molecular complexity index is 799. The van der Waals surface area contributed by atoms with Crippen molar-refractivity contribution in [1.82, 2.24) is 4.98 Å². The van der Waals surface area contributed by atoms with Gasteiger partial charge in [-0.1, -0.05) is 32.0 Å². The third-order valence-corrected chi connectivity index (χ3v) is 4.50. The van der Waals surface area contributed by atoms with Gasteiger partial charge in [-0.05, 0) is 30.4 Å². The summed E-state index contributed by atoms with van der Waals surface area (Å²) in [5, 5.41) is 1.15. The predicted octanol–water partition coefficient (Wildman–Crippen LogP) is 4.93. The van der Waals surface area contributed by atoms with Crippen LogP contribution in [0, 0.1) is 5.92 Å². The van der Waals surface area contributed by atoms with Gasteiger partial charge in [0.1, 0.15) is 5.76 Å². The van der Waals surface area contributed by atoms with Crippen LogP contribution in [-0.2, 0) is 11.2 Å². The molecule has 4 nitrogen and oxygen atoms in total. The molecule has 2 aromatic heterocycles. The maximum absolute atomic E-state index is 12.1. The third-order valence-electron chi connectivity index (χ3n) is 3.40. The Morgan fingerprint density at radius 1 is 1.35 bits per heavy atom. The van der Waals surface area contributed by atoms with Crippen LogP contribution in [0.1, 0.15) is 37.0 Å².